The summed E-state index contributed by atoms with van der Waals surface area (Å²) < 4.78 is 19.3. The Morgan fingerprint density at radius 3 is 2.81 bits per heavy atom. The molecular weight excluding hydrogens is 287 g/mol. The van der Waals surface area contributed by atoms with Gasteiger partial charge in [0.15, 0.2) is 11.6 Å². The molecule has 118 valence electrons. The lowest BCUT2D eigenvalue weighted by Gasteiger charge is -2.30. The molecule has 0 aliphatic heterocycles. The van der Waals surface area contributed by atoms with Gasteiger partial charge in [-0.2, -0.15) is 11.8 Å². The first-order valence-electron chi connectivity index (χ1n) is 7.54. The lowest BCUT2D eigenvalue weighted by Crippen LogP contribution is -2.28. The molecule has 3 nitrogen and oxygen atoms in total. The maximum Gasteiger partial charge on any atom is 0.167 e. The number of hydrogen-bond acceptors (Lipinski definition) is 4. The maximum absolute atomic E-state index is 13.8. The van der Waals surface area contributed by atoms with Gasteiger partial charge in [-0.3, -0.25) is 0 Å². The molecule has 1 aliphatic carbocycles. The molecule has 0 bridgehead atoms. The van der Waals surface area contributed by atoms with Crippen LogP contribution in [0.15, 0.2) is 12.1 Å². The number of halogens is 1. The monoisotopic (exact) mass is 312 g/mol. The lowest BCUT2D eigenvalue weighted by atomic mass is 9.94. The number of nitrogens with two attached hydrogens (primary N) is 1. The second-order valence-corrected chi connectivity index (χ2v) is 7.04. The van der Waals surface area contributed by atoms with Gasteiger partial charge in [0.1, 0.15) is 0 Å². The molecule has 5 heteroatoms. The third-order valence-corrected chi connectivity index (χ3v) is 4.88. The molecule has 0 heterocycles. The van der Waals surface area contributed by atoms with E-state index in [-0.39, 0.29) is 11.9 Å². The zero-order valence-electron chi connectivity index (χ0n) is 13.0. The van der Waals surface area contributed by atoms with Crippen molar-refractivity contribution in [3.8, 4) is 5.75 Å². The highest BCUT2D eigenvalue weighted by Crippen LogP contribution is 2.33. The summed E-state index contributed by atoms with van der Waals surface area (Å²) in [5, 5.41) is 4.17. The van der Waals surface area contributed by atoms with E-state index in [0.29, 0.717) is 17.0 Å². The fourth-order valence-electron chi connectivity index (χ4n) is 2.75. The van der Waals surface area contributed by atoms with Crippen LogP contribution in [0.25, 0.3) is 0 Å². The predicted octanol–water partition coefficient (Wildman–Crippen LogP) is 4.28. The minimum absolute atomic E-state index is 0.0634. The van der Waals surface area contributed by atoms with E-state index in [4.69, 9.17) is 10.5 Å². The lowest BCUT2D eigenvalue weighted by molar-refractivity contribution is 0.231. The number of nitrogen functional groups attached to an aromatic ring is 1. The first-order chi connectivity index (χ1) is 9.99. The van der Waals surface area contributed by atoms with Gasteiger partial charge < -0.3 is 15.8 Å². The summed E-state index contributed by atoms with van der Waals surface area (Å²) in [4.78, 5) is 0. The number of anilines is 2. The van der Waals surface area contributed by atoms with Crippen LogP contribution in [0.3, 0.4) is 0 Å². The van der Waals surface area contributed by atoms with Gasteiger partial charge in [0.05, 0.1) is 17.5 Å². The Kier molecular flexibility index (Phi) is 5.62. The zero-order chi connectivity index (χ0) is 15.4. The number of benzene rings is 1. The fourth-order valence-corrected chi connectivity index (χ4v) is 3.58. The Bertz CT molecular complexity index is 482. The Morgan fingerprint density at radius 2 is 2.14 bits per heavy atom. The Morgan fingerprint density at radius 1 is 1.38 bits per heavy atom. The third kappa shape index (κ3) is 4.43. The minimum Gasteiger partial charge on any atom is -0.488 e. The van der Waals surface area contributed by atoms with E-state index >= 15 is 0 Å². The van der Waals surface area contributed by atoms with E-state index in [2.05, 4.69) is 11.6 Å². The van der Waals surface area contributed by atoms with Crippen molar-refractivity contribution in [3.05, 3.63) is 17.9 Å². The van der Waals surface area contributed by atoms with Crippen LogP contribution >= 0.6 is 11.8 Å². The Balaban J connectivity index is 2.11. The van der Waals surface area contributed by atoms with Gasteiger partial charge in [0.2, 0.25) is 0 Å². The predicted molar refractivity (Wildman–Crippen MR) is 89.8 cm³/mol. The highest BCUT2D eigenvalue weighted by molar-refractivity contribution is 7.99. The average molecular weight is 312 g/mol. The number of thioether (sulfide) groups is 1. The maximum atomic E-state index is 13.8. The van der Waals surface area contributed by atoms with Gasteiger partial charge in [0.25, 0.3) is 0 Å². The highest BCUT2D eigenvalue weighted by atomic mass is 32.2. The molecule has 1 fully saturated rings. The van der Waals surface area contributed by atoms with Crippen molar-refractivity contribution in [3.63, 3.8) is 0 Å². The molecule has 0 spiro atoms. The van der Waals surface area contributed by atoms with E-state index in [0.717, 1.165) is 18.5 Å². The smallest absolute Gasteiger partial charge is 0.167 e. The SMILES string of the molecule is CSC1CCCC(Nc2cc(OC(C)C)c(F)cc2N)C1. The molecule has 0 amide bonds. The molecule has 0 aromatic heterocycles. The van der Waals surface area contributed by atoms with Crippen molar-refractivity contribution < 1.29 is 9.13 Å². The second-order valence-electron chi connectivity index (χ2n) is 5.90. The first kappa shape index (κ1) is 16.3. The van der Waals surface area contributed by atoms with E-state index < -0.39 is 5.82 Å². The number of rotatable bonds is 5. The van der Waals surface area contributed by atoms with E-state index in [1.165, 1.54) is 18.9 Å². The Labute approximate surface area is 130 Å². The van der Waals surface area contributed by atoms with Gasteiger partial charge in [-0.1, -0.05) is 6.42 Å². The minimum atomic E-state index is -0.405. The summed E-state index contributed by atoms with van der Waals surface area (Å²) >= 11 is 1.92. The van der Waals surface area contributed by atoms with Crippen LogP contribution in [0.4, 0.5) is 15.8 Å². The molecule has 2 atom stereocenters. The molecule has 0 radical (unpaired) electrons. The first-order valence-corrected chi connectivity index (χ1v) is 8.83. The normalized spacial score (nSPS) is 22.3. The van der Waals surface area contributed by atoms with E-state index in [1.54, 1.807) is 6.07 Å². The van der Waals surface area contributed by atoms with Crippen LogP contribution in [0.1, 0.15) is 39.5 Å². The second kappa shape index (κ2) is 7.25. The number of hydrogen-bond donors (Lipinski definition) is 2. The molecule has 1 aliphatic rings. The van der Waals surface area contributed by atoms with Crippen LogP contribution in [-0.4, -0.2) is 23.7 Å². The fraction of sp³-hybridized carbons (Fsp3) is 0.625. The molecule has 1 aromatic rings. The summed E-state index contributed by atoms with van der Waals surface area (Å²) in [6, 6.07) is 3.43. The van der Waals surface area contributed by atoms with Crippen molar-refractivity contribution in [2.75, 3.05) is 17.3 Å². The molecule has 3 N–H and O–H groups in total. The van der Waals surface area contributed by atoms with E-state index in [1.807, 2.05) is 25.6 Å². The van der Waals surface area contributed by atoms with Crippen molar-refractivity contribution in [2.24, 2.45) is 0 Å². The van der Waals surface area contributed by atoms with Gasteiger partial charge in [0, 0.05) is 23.4 Å². The number of ether oxygens (including phenoxy) is 1. The molecule has 2 rings (SSSR count). The van der Waals surface area contributed by atoms with Crippen LogP contribution < -0.4 is 15.8 Å². The van der Waals surface area contributed by atoms with Gasteiger partial charge >= 0.3 is 0 Å². The number of nitrogens with one attached hydrogen (secondary N) is 1. The van der Waals surface area contributed by atoms with Crippen molar-refractivity contribution in [1.82, 2.24) is 0 Å². The largest absolute Gasteiger partial charge is 0.488 e. The van der Waals surface area contributed by atoms with Crippen molar-refractivity contribution in [2.45, 2.75) is 56.9 Å². The van der Waals surface area contributed by atoms with Crippen LogP contribution in [0, 0.1) is 5.82 Å². The average Bonchev–Trinajstić information content (AvgIpc) is 2.44. The molecule has 1 aromatic carbocycles. The van der Waals surface area contributed by atoms with Crippen molar-refractivity contribution in [1.29, 1.82) is 0 Å². The summed E-state index contributed by atoms with van der Waals surface area (Å²) in [5.74, 6) is -0.142. The summed E-state index contributed by atoms with van der Waals surface area (Å²) in [7, 11) is 0. The quantitative estimate of drug-likeness (QED) is 0.797. The molecule has 0 saturated heterocycles. The van der Waals surface area contributed by atoms with Gasteiger partial charge in [-0.05, 0) is 39.4 Å². The summed E-state index contributed by atoms with van der Waals surface area (Å²) in [5.41, 5.74) is 7.16. The molecule has 1 saturated carbocycles. The molecule has 2 unspecified atom stereocenters. The molecule has 21 heavy (non-hydrogen) atoms. The van der Waals surface area contributed by atoms with Crippen LogP contribution in [0.2, 0.25) is 0 Å². The summed E-state index contributed by atoms with van der Waals surface area (Å²) in [6.45, 7) is 3.76. The molecular formula is C16H25FN2OS. The third-order valence-electron chi connectivity index (χ3n) is 3.79. The summed E-state index contributed by atoms with van der Waals surface area (Å²) in [6.07, 6.45) is 6.85. The van der Waals surface area contributed by atoms with Crippen LogP contribution in [0.5, 0.6) is 5.75 Å². The standard InChI is InChI=1S/C16H25FN2OS/c1-10(2)20-16-9-15(14(18)8-13(16)17)19-11-5-4-6-12(7-11)21-3/h8-12,19H,4-7,18H2,1-3H3. The van der Waals surface area contributed by atoms with Gasteiger partial charge in [-0.25, -0.2) is 4.39 Å². The van der Waals surface area contributed by atoms with Crippen LogP contribution in [-0.2, 0) is 0 Å². The highest BCUT2D eigenvalue weighted by Gasteiger charge is 2.22. The topological polar surface area (TPSA) is 47.3 Å². The van der Waals surface area contributed by atoms with E-state index in [9.17, 15) is 4.39 Å². The zero-order valence-corrected chi connectivity index (χ0v) is 13.8. The van der Waals surface area contributed by atoms with Gasteiger partial charge in [-0.15, -0.1) is 0 Å². The van der Waals surface area contributed by atoms with Crippen molar-refractivity contribution >= 4 is 23.1 Å². The Hall–Kier alpha value is -1.10.